The van der Waals surface area contributed by atoms with Gasteiger partial charge in [0.25, 0.3) is 0 Å². The van der Waals surface area contributed by atoms with Gasteiger partial charge in [0.2, 0.25) is 0 Å². The van der Waals surface area contributed by atoms with Gasteiger partial charge in [-0.2, -0.15) is 0 Å². The molecule has 0 radical (unpaired) electrons. The van der Waals surface area contributed by atoms with Crippen LogP contribution in [-0.4, -0.2) is 11.1 Å². The summed E-state index contributed by atoms with van der Waals surface area (Å²) >= 11 is 0. The van der Waals surface area contributed by atoms with E-state index >= 15 is 0 Å². The number of hydrogen-bond donors (Lipinski definition) is 1. The second-order valence-corrected chi connectivity index (χ2v) is 5.42. The molecule has 0 saturated carbocycles. The van der Waals surface area contributed by atoms with Crippen LogP contribution < -0.4 is 0 Å². The lowest BCUT2D eigenvalue weighted by Crippen LogP contribution is -2.22. The van der Waals surface area contributed by atoms with Gasteiger partial charge >= 0.3 is 5.97 Å². The fraction of sp³-hybridized carbons (Fsp3) is 0.278. The van der Waals surface area contributed by atoms with Crippen LogP contribution in [0.25, 0.3) is 11.1 Å². The van der Waals surface area contributed by atoms with Crippen molar-refractivity contribution < 1.29 is 9.90 Å². The Bertz CT molecular complexity index is 573. The minimum Gasteiger partial charge on any atom is -0.481 e. The van der Waals surface area contributed by atoms with Crippen molar-refractivity contribution in [1.82, 2.24) is 0 Å². The van der Waals surface area contributed by atoms with Crippen LogP contribution in [0.5, 0.6) is 0 Å². The van der Waals surface area contributed by atoms with Crippen LogP contribution in [0.4, 0.5) is 0 Å². The molecule has 2 aromatic rings. The maximum Gasteiger partial charge on any atom is 0.307 e. The molecular formula is C18H20O2. The van der Waals surface area contributed by atoms with Crippen LogP contribution in [0.3, 0.4) is 0 Å². The Labute approximate surface area is 120 Å². The second-order valence-electron chi connectivity index (χ2n) is 5.42. The zero-order chi connectivity index (χ0) is 14.5. The van der Waals surface area contributed by atoms with Crippen molar-refractivity contribution in [1.29, 1.82) is 0 Å². The molecule has 20 heavy (non-hydrogen) atoms. The van der Waals surface area contributed by atoms with Crippen LogP contribution in [0.15, 0.2) is 54.6 Å². The predicted molar refractivity (Wildman–Crippen MR) is 81.5 cm³/mol. The summed E-state index contributed by atoms with van der Waals surface area (Å²) < 4.78 is 0. The van der Waals surface area contributed by atoms with Gasteiger partial charge in [-0.15, -0.1) is 0 Å². The van der Waals surface area contributed by atoms with Gasteiger partial charge in [-0.25, -0.2) is 0 Å². The SMILES string of the molecule is CC(C)C(Cc1ccccc1-c1ccccc1)C(=O)O. The summed E-state index contributed by atoms with van der Waals surface area (Å²) in [5.74, 6) is -0.945. The molecule has 0 spiro atoms. The summed E-state index contributed by atoms with van der Waals surface area (Å²) in [5, 5.41) is 9.37. The summed E-state index contributed by atoms with van der Waals surface area (Å²) in [6.45, 7) is 3.92. The standard InChI is InChI=1S/C18H20O2/c1-13(2)17(18(19)20)12-15-10-6-7-11-16(15)14-8-4-3-5-9-14/h3-11,13,17H,12H2,1-2H3,(H,19,20). The van der Waals surface area contributed by atoms with Gasteiger partial charge in [-0.1, -0.05) is 68.4 Å². The molecule has 1 N–H and O–H groups in total. The monoisotopic (exact) mass is 268 g/mol. The first kappa shape index (κ1) is 14.3. The molecule has 2 heteroatoms. The highest BCUT2D eigenvalue weighted by atomic mass is 16.4. The first-order valence-electron chi connectivity index (χ1n) is 6.95. The number of carbonyl (C=O) groups is 1. The molecule has 0 amide bonds. The van der Waals surface area contributed by atoms with E-state index < -0.39 is 5.97 Å². The molecule has 0 aliphatic heterocycles. The van der Waals surface area contributed by atoms with Crippen molar-refractivity contribution >= 4 is 5.97 Å². The summed E-state index contributed by atoms with van der Waals surface area (Å²) in [5.41, 5.74) is 3.36. The lowest BCUT2D eigenvalue weighted by Gasteiger charge is -2.18. The van der Waals surface area contributed by atoms with Gasteiger partial charge in [0, 0.05) is 0 Å². The Kier molecular flexibility index (Phi) is 4.57. The topological polar surface area (TPSA) is 37.3 Å². The summed E-state index contributed by atoms with van der Waals surface area (Å²) in [7, 11) is 0. The molecule has 0 fully saturated rings. The van der Waals surface area contributed by atoms with Crippen LogP contribution >= 0.6 is 0 Å². The molecule has 0 saturated heterocycles. The van der Waals surface area contributed by atoms with Crippen LogP contribution in [0.2, 0.25) is 0 Å². The maximum atomic E-state index is 11.4. The Morgan fingerprint density at radius 2 is 1.60 bits per heavy atom. The van der Waals surface area contributed by atoms with Gasteiger partial charge in [-0.3, -0.25) is 4.79 Å². The Hall–Kier alpha value is -2.09. The molecule has 0 aliphatic rings. The molecule has 0 bridgehead atoms. The fourth-order valence-corrected chi connectivity index (χ4v) is 2.44. The lowest BCUT2D eigenvalue weighted by atomic mass is 9.86. The van der Waals surface area contributed by atoms with Crippen molar-refractivity contribution in [3.8, 4) is 11.1 Å². The number of carboxylic acids is 1. The molecule has 1 atom stereocenters. The van der Waals surface area contributed by atoms with E-state index in [1.165, 1.54) is 0 Å². The molecule has 2 rings (SSSR count). The third-order valence-electron chi connectivity index (χ3n) is 3.66. The van der Waals surface area contributed by atoms with E-state index in [9.17, 15) is 9.90 Å². The number of benzene rings is 2. The van der Waals surface area contributed by atoms with Crippen molar-refractivity contribution in [3.63, 3.8) is 0 Å². The summed E-state index contributed by atoms with van der Waals surface area (Å²) in [6.07, 6.45) is 0.568. The molecule has 1 unspecified atom stereocenters. The molecule has 0 heterocycles. The van der Waals surface area contributed by atoms with E-state index in [1.807, 2.05) is 50.2 Å². The molecule has 0 aliphatic carbocycles. The van der Waals surface area contributed by atoms with E-state index in [0.717, 1.165) is 16.7 Å². The summed E-state index contributed by atoms with van der Waals surface area (Å²) in [4.78, 5) is 11.4. The van der Waals surface area contributed by atoms with Crippen LogP contribution in [0, 0.1) is 11.8 Å². The van der Waals surface area contributed by atoms with Crippen molar-refractivity contribution in [2.75, 3.05) is 0 Å². The van der Waals surface area contributed by atoms with Crippen molar-refractivity contribution in [2.24, 2.45) is 11.8 Å². The third-order valence-corrected chi connectivity index (χ3v) is 3.66. The highest BCUT2D eigenvalue weighted by Gasteiger charge is 2.22. The van der Waals surface area contributed by atoms with Crippen LogP contribution in [-0.2, 0) is 11.2 Å². The van der Waals surface area contributed by atoms with E-state index in [2.05, 4.69) is 18.2 Å². The number of aliphatic carboxylic acids is 1. The van der Waals surface area contributed by atoms with Gasteiger partial charge in [0.05, 0.1) is 5.92 Å². The second kappa shape index (κ2) is 6.38. The molecule has 104 valence electrons. The molecular weight excluding hydrogens is 248 g/mol. The van der Waals surface area contributed by atoms with E-state index in [-0.39, 0.29) is 11.8 Å². The van der Waals surface area contributed by atoms with E-state index in [1.54, 1.807) is 0 Å². The normalized spacial score (nSPS) is 12.3. The molecule has 2 nitrogen and oxygen atoms in total. The predicted octanol–water partition coefficient (Wildman–Crippen LogP) is 4.25. The Morgan fingerprint density at radius 1 is 1.00 bits per heavy atom. The quantitative estimate of drug-likeness (QED) is 0.880. The zero-order valence-electron chi connectivity index (χ0n) is 11.9. The maximum absolute atomic E-state index is 11.4. The smallest absolute Gasteiger partial charge is 0.307 e. The lowest BCUT2D eigenvalue weighted by molar-refractivity contribution is -0.143. The first-order valence-corrected chi connectivity index (χ1v) is 6.95. The van der Waals surface area contributed by atoms with Crippen molar-refractivity contribution in [3.05, 3.63) is 60.2 Å². The van der Waals surface area contributed by atoms with Gasteiger partial charge in [0.15, 0.2) is 0 Å². The number of carboxylic acid groups (broad SMARTS) is 1. The highest BCUT2D eigenvalue weighted by molar-refractivity contribution is 5.73. The van der Waals surface area contributed by atoms with Gasteiger partial charge in [-0.05, 0) is 29.0 Å². The van der Waals surface area contributed by atoms with Crippen LogP contribution in [0.1, 0.15) is 19.4 Å². The third kappa shape index (κ3) is 3.27. The number of hydrogen-bond acceptors (Lipinski definition) is 1. The largest absolute Gasteiger partial charge is 0.481 e. The Morgan fingerprint density at radius 3 is 2.20 bits per heavy atom. The average Bonchev–Trinajstić information content (AvgIpc) is 2.45. The number of rotatable bonds is 5. The fourth-order valence-electron chi connectivity index (χ4n) is 2.44. The highest BCUT2D eigenvalue weighted by Crippen LogP contribution is 2.27. The minimum atomic E-state index is -0.720. The van der Waals surface area contributed by atoms with E-state index in [0.29, 0.717) is 6.42 Å². The van der Waals surface area contributed by atoms with Crippen molar-refractivity contribution in [2.45, 2.75) is 20.3 Å². The minimum absolute atomic E-state index is 0.122. The zero-order valence-corrected chi connectivity index (χ0v) is 11.9. The van der Waals surface area contributed by atoms with E-state index in [4.69, 9.17) is 0 Å². The first-order chi connectivity index (χ1) is 9.59. The molecule has 2 aromatic carbocycles. The van der Waals surface area contributed by atoms with Gasteiger partial charge in [0.1, 0.15) is 0 Å². The molecule has 0 aromatic heterocycles. The average molecular weight is 268 g/mol. The Balaban J connectivity index is 2.36. The summed E-state index contributed by atoms with van der Waals surface area (Å²) in [6, 6.07) is 18.2. The van der Waals surface area contributed by atoms with Gasteiger partial charge < -0.3 is 5.11 Å².